The molecule has 0 spiro atoms. The van der Waals surface area contributed by atoms with Crippen molar-refractivity contribution in [2.45, 2.75) is 33.4 Å². The van der Waals surface area contributed by atoms with Crippen LogP contribution >= 0.6 is 0 Å². The lowest BCUT2D eigenvalue weighted by Gasteiger charge is -2.20. The number of rotatable bonds is 10. The summed E-state index contributed by atoms with van der Waals surface area (Å²) >= 11 is 0. The molecule has 0 bridgehead atoms. The molecule has 0 aliphatic heterocycles. The SMILES string of the molecule is COc1cc(C=NNC(=O)C(NC(=O)c2ccc(C)cc2)C(C)C)ccc1OCc1cccc2ccccc12. The molecule has 0 saturated carbocycles. The summed E-state index contributed by atoms with van der Waals surface area (Å²) in [6.07, 6.45) is 1.52. The van der Waals surface area contributed by atoms with Crippen LogP contribution in [0, 0.1) is 12.8 Å². The molecule has 200 valence electrons. The third-order valence-corrected chi connectivity index (χ3v) is 6.39. The maximum Gasteiger partial charge on any atom is 0.262 e. The number of aryl methyl sites for hydroxylation is 1. The highest BCUT2D eigenvalue weighted by Crippen LogP contribution is 2.29. The van der Waals surface area contributed by atoms with Gasteiger partial charge in [-0.1, -0.05) is 74.0 Å². The van der Waals surface area contributed by atoms with Gasteiger partial charge in [-0.3, -0.25) is 9.59 Å². The van der Waals surface area contributed by atoms with Gasteiger partial charge in [-0.05, 0) is 65.1 Å². The molecule has 0 saturated heterocycles. The first-order valence-electron chi connectivity index (χ1n) is 12.8. The van der Waals surface area contributed by atoms with E-state index >= 15 is 0 Å². The van der Waals surface area contributed by atoms with Gasteiger partial charge in [0.1, 0.15) is 12.6 Å². The summed E-state index contributed by atoms with van der Waals surface area (Å²) < 4.78 is 11.6. The first-order valence-corrected chi connectivity index (χ1v) is 12.8. The van der Waals surface area contributed by atoms with Crippen LogP contribution < -0.4 is 20.2 Å². The van der Waals surface area contributed by atoms with Crippen LogP contribution in [0.4, 0.5) is 0 Å². The van der Waals surface area contributed by atoms with Gasteiger partial charge >= 0.3 is 0 Å². The van der Waals surface area contributed by atoms with Gasteiger partial charge in [-0.15, -0.1) is 0 Å². The average Bonchev–Trinajstić information content (AvgIpc) is 2.95. The van der Waals surface area contributed by atoms with Gasteiger partial charge in [-0.2, -0.15) is 5.10 Å². The minimum absolute atomic E-state index is 0.132. The van der Waals surface area contributed by atoms with E-state index < -0.39 is 11.9 Å². The Kier molecular flexibility index (Phi) is 8.94. The second-order valence-electron chi connectivity index (χ2n) is 9.63. The largest absolute Gasteiger partial charge is 0.493 e. The van der Waals surface area contributed by atoms with E-state index in [-0.39, 0.29) is 11.8 Å². The Morgan fingerprint density at radius 1 is 0.923 bits per heavy atom. The summed E-state index contributed by atoms with van der Waals surface area (Å²) in [5, 5.41) is 9.21. The van der Waals surface area contributed by atoms with Crippen molar-refractivity contribution in [1.29, 1.82) is 0 Å². The quantitative estimate of drug-likeness (QED) is 0.208. The van der Waals surface area contributed by atoms with E-state index in [4.69, 9.17) is 9.47 Å². The Balaban J connectivity index is 1.38. The number of nitrogens with zero attached hydrogens (tertiary/aromatic N) is 1. The normalized spacial score (nSPS) is 11.9. The van der Waals surface area contributed by atoms with Crippen LogP contribution in [0.3, 0.4) is 0 Å². The van der Waals surface area contributed by atoms with Crippen molar-refractivity contribution in [3.05, 3.63) is 107 Å². The third kappa shape index (κ3) is 7.02. The molecule has 0 heterocycles. The standard InChI is InChI=1S/C32H33N3O4/c1-21(2)30(34-31(36)25-15-12-22(3)13-16-25)32(37)35-33-19-23-14-17-28(29(18-23)38-4)39-20-26-10-7-9-24-8-5-6-11-27(24)26/h5-19,21,30H,20H2,1-4H3,(H,34,36)(H,35,37). The van der Waals surface area contributed by atoms with Crippen molar-refractivity contribution in [2.75, 3.05) is 7.11 Å². The van der Waals surface area contributed by atoms with E-state index in [0.29, 0.717) is 23.7 Å². The fourth-order valence-electron chi connectivity index (χ4n) is 4.16. The molecule has 7 nitrogen and oxygen atoms in total. The molecule has 7 heteroatoms. The van der Waals surface area contributed by atoms with Gasteiger partial charge in [0.05, 0.1) is 13.3 Å². The van der Waals surface area contributed by atoms with Crippen LogP contribution in [0.5, 0.6) is 11.5 Å². The molecular weight excluding hydrogens is 490 g/mol. The zero-order chi connectivity index (χ0) is 27.8. The highest BCUT2D eigenvalue weighted by Gasteiger charge is 2.24. The zero-order valence-corrected chi connectivity index (χ0v) is 22.6. The van der Waals surface area contributed by atoms with Crippen LogP contribution in [0.25, 0.3) is 10.8 Å². The Labute approximate surface area is 228 Å². The topological polar surface area (TPSA) is 89.0 Å². The van der Waals surface area contributed by atoms with Gasteiger partial charge in [0, 0.05) is 5.56 Å². The zero-order valence-electron chi connectivity index (χ0n) is 22.6. The molecule has 0 fully saturated rings. The Morgan fingerprint density at radius 2 is 1.67 bits per heavy atom. The van der Waals surface area contributed by atoms with E-state index in [1.165, 1.54) is 6.21 Å². The minimum atomic E-state index is -0.740. The monoisotopic (exact) mass is 523 g/mol. The molecule has 4 aromatic carbocycles. The van der Waals surface area contributed by atoms with Gasteiger partial charge < -0.3 is 14.8 Å². The number of carbonyl (C=O) groups is 2. The van der Waals surface area contributed by atoms with Gasteiger partial charge in [0.25, 0.3) is 11.8 Å². The number of nitrogens with one attached hydrogen (secondary N) is 2. The summed E-state index contributed by atoms with van der Waals surface area (Å²) in [7, 11) is 1.58. The van der Waals surface area contributed by atoms with Gasteiger partial charge in [-0.25, -0.2) is 5.43 Å². The number of carbonyl (C=O) groups excluding carboxylic acids is 2. The maximum atomic E-state index is 12.8. The van der Waals surface area contributed by atoms with Gasteiger partial charge in [0.15, 0.2) is 11.5 Å². The molecule has 1 unspecified atom stereocenters. The van der Waals surface area contributed by atoms with Crippen molar-refractivity contribution >= 4 is 28.8 Å². The highest BCUT2D eigenvalue weighted by molar-refractivity contribution is 5.97. The molecule has 0 aliphatic rings. The van der Waals surface area contributed by atoms with E-state index in [1.807, 2.05) is 69.3 Å². The lowest BCUT2D eigenvalue weighted by molar-refractivity contribution is -0.123. The van der Waals surface area contributed by atoms with Crippen molar-refractivity contribution in [1.82, 2.24) is 10.7 Å². The third-order valence-electron chi connectivity index (χ3n) is 6.39. The second-order valence-corrected chi connectivity index (χ2v) is 9.63. The number of hydrogen-bond donors (Lipinski definition) is 2. The maximum absolute atomic E-state index is 12.8. The van der Waals surface area contributed by atoms with E-state index in [1.54, 1.807) is 25.3 Å². The summed E-state index contributed by atoms with van der Waals surface area (Å²) in [6.45, 7) is 6.08. The van der Waals surface area contributed by atoms with E-state index in [2.05, 4.69) is 34.0 Å². The van der Waals surface area contributed by atoms with Crippen LogP contribution in [0.2, 0.25) is 0 Å². The second kappa shape index (κ2) is 12.7. The lowest BCUT2D eigenvalue weighted by Crippen LogP contribution is -2.48. The molecule has 0 aromatic heterocycles. The van der Waals surface area contributed by atoms with E-state index in [0.717, 1.165) is 27.5 Å². The molecule has 39 heavy (non-hydrogen) atoms. The number of amides is 2. The first kappa shape index (κ1) is 27.4. The molecule has 4 aromatic rings. The predicted molar refractivity (Wildman–Crippen MR) is 154 cm³/mol. The molecule has 1 atom stereocenters. The smallest absolute Gasteiger partial charge is 0.262 e. The number of hydrazone groups is 1. The van der Waals surface area contributed by atoms with Crippen LogP contribution in [-0.2, 0) is 11.4 Å². The molecule has 2 N–H and O–H groups in total. The van der Waals surface area contributed by atoms with Crippen molar-refractivity contribution in [2.24, 2.45) is 11.0 Å². The number of methoxy groups -OCH3 is 1. The predicted octanol–water partition coefficient (Wildman–Crippen LogP) is 5.64. The van der Waals surface area contributed by atoms with E-state index in [9.17, 15) is 9.59 Å². The number of hydrogen-bond acceptors (Lipinski definition) is 5. The first-order chi connectivity index (χ1) is 18.9. The Bertz CT molecular complexity index is 1470. The summed E-state index contributed by atoms with van der Waals surface area (Å²) in [5.74, 6) is 0.314. The number of benzene rings is 4. The van der Waals surface area contributed by atoms with Gasteiger partial charge in [0.2, 0.25) is 0 Å². The average molecular weight is 524 g/mol. The van der Waals surface area contributed by atoms with Crippen molar-refractivity contribution < 1.29 is 19.1 Å². The number of fused-ring (bicyclic) bond motifs is 1. The Hall–Kier alpha value is -4.65. The van der Waals surface area contributed by atoms with Crippen LogP contribution in [0.15, 0.2) is 90.0 Å². The molecule has 0 aliphatic carbocycles. The fourth-order valence-corrected chi connectivity index (χ4v) is 4.16. The van der Waals surface area contributed by atoms with Crippen LogP contribution in [-0.4, -0.2) is 31.2 Å². The molecular formula is C32H33N3O4. The summed E-state index contributed by atoms with van der Waals surface area (Å²) in [4.78, 5) is 25.4. The molecule has 0 radical (unpaired) electrons. The highest BCUT2D eigenvalue weighted by atomic mass is 16.5. The minimum Gasteiger partial charge on any atom is -0.493 e. The van der Waals surface area contributed by atoms with Crippen molar-refractivity contribution in [3.63, 3.8) is 0 Å². The lowest BCUT2D eigenvalue weighted by atomic mass is 10.0. The van der Waals surface area contributed by atoms with Crippen molar-refractivity contribution in [3.8, 4) is 11.5 Å². The van der Waals surface area contributed by atoms with Crippen LogP contribution in [0.1, 0.15) is 40.9 Å². The fraction of sp³-hybridized carbons (Fsp3) is 0.219. The Morgan fingerprint density at radius 3 is 2.41 bits per heavy atom. The summed E-state index contributed by atoms with van der Waals surface area (Å²) in [6, 6.07) is 26.2. The summed E-state index contributed by atoms with van der Waals surface area (Å²) in [5.41, 5.74) is 5.89. The molecule has 4 rings (SSSR count). The molecule has 2 amide bonds. The number of ether oxygens (including phenoxy) is 2.